The van der Waals surface area contributed by atoms with Crippen LogP contribution < -0.4 is 20.3 Å². The van der Waals surface area contributed by atoms with Gasteiger partial charge in [-0.25, -0.2) is 0 Å². The molecule has 0 radical (unpaired) electrons. The van der Waals surface area contributed by atoms with Gasteiger partial charge in [0.05, 0.1) is 13.7 Å². The molecule has 120 valence electrons. The molecule has 1 heterocycles. The summed E-state index contributed by atoms with van der Waals surface area (Å²) in [7, 11) is 1.61. The zero-order valence-electron chi connectivity index (χ0n) is 13.2. The standard InChI is InChI=1S/C18H21N3O2/c1-23-16-7-4-6-15(11-16)20-18(22)13-21-10-9-19-12-14-5-2-3-8-17(14)21/h2-8,11,19H,9-10,12-13H2,1H3,(H,20,22). The van der Waals surface area contributed by atoms with Crippen LogP contribution in [0.3, 0.4) is 0 Å². The highest BCUT2D eigenvalue weighted by Crippen LogP contribution is 2.22. The average Bonchev–Trinajstić information content (AvgIpc) is 2.77. The highest BCUT2D eigenvalue weighted by molar-refractivity contribution is 5.94. The van der Waals surface area contributed by atoms with Crippen LogP contribution in [0, 0.1) is 0 Å². The van der Waals surface area contributed by atoms with Gasteiger partial charge in [0.2, 0.25) is 5.91 Å². The van der Waals surface area contributed by atoms with Crippen LogP contribution in [0.25, 0.3) is 0 Å². The van der Waals surface area contributed by atoms with Crippen LogP contribution in [0.1, 0.15) is 5.56 Å². The van der Waals surface area contributed by atoms with Crippen molar-refractivity contribution in [2.45, 2.75) is 6.54 Å². The van der Waals surface area contributed by atoms with Crippen molar-refractivity contribution in [3.05, 3.63) is 54.1 Å². The molecule has 0 fully saturated rings. The number of carbonyl (C=O) groups excluding carboxylic acids is 1. The molecule has 1 amide bonds. The third-order valence-electron chi connectivity index (χ3n) is 3.89. The maximum absolute atomic E-state index is 12.4. The fourth-order valence-electron chi connectivity index (χ4n) is 2.77. The number of para-hydroxylation sites is 1. The molecule has 0 unspecified atom stereocenters. The molecule has 2 N–H and O–H groups in total. The summed E-state index contributed by atoms with van der Waals surface area (Å²) in [4.78, 5) is 14.5. The Morgan fingerprint density at radius 2 is 2.13 bits per heavy atom. The second-order valence-electron chi connectivity index (χ2n) is 5.51. The van der Waals surface area contributed by atoms with Crippen molar-refractivity contribution < 1.29 is 9.53 Å². The molecule has 1 aliphatic rings. The number of hydrogen-bond acceptors (Lipinski definition) is 4. The summed E-state index contributed by atoms with van der Waals surface area (Å²) in [6.45, 7) is 2.84. The van der Waals surface area contributed by atoms with E-state index in [4.69, 9.17) is 4.74 Å². The van der Waals surface area contributed by atoms with E-state index in [1.54, 1.807) is 7.11 Å². The number of hydrogen-bond donors (Lipinski definition) is 2. The van der Waals surface area contributed by atoms with Crippen LogP contribution in [0.15, 0.2) is 48.5 Å². The first-order valence-electron chi connectivity index (χ1n) is 7.74. The Hall–Kier alpha value is -2.53. The van der Waals surface area contributed by atoms with Crippen molar-refractivity contribution in [1.82, 2.24) is 5.32 Å². The molecule has 1 aliphatic heterocycles. The second-order valence-corrected chi connectivity index (χ2v) is 5.51. The van der Waals surface area contributed by atoms with Gasteiger partial charge in [0.1, 0.15) is 5.75 Å². The zero-order chi connectivity index (χ0) is 16.1. The molecule has 0 spiro atoms. The summed E-state index contributed by atoms with van der Waals surface area (Å²) in [6, 6.07) is 15.6. The average molecular weight is 311 g/mol. The number of carbonyl (C=O) groups is 1. The normalized spacial score (nSPS) is 13.9. The van der Waals surface area contributed by atoms with Gasteiger partial charge >= 0.3 is 0 Å². The number of methoxy groups -OCH3 is 1. The van der Waals surface area contributed by atoms with Crippen molar-refractivity contribution in [1.29, 1.82) is 0 Å². The first-order valence-corrected chi connectivity index (χ1v) is 7.74. The highest BCUT2D eigenvalue weighted by Gasteiger charge is 2.17. The van der Waals surface area contributed by atoms with Crippen LogP contribution in [-0.2, 0) is 11.3 Å². The molecular weight excluding hydrogens is 290 g/mol. The number of anilines is 2. The van der Waals surface area contributed by atoms with E-state index in [9.17, 15) is 4.79 Å². The number of amides is 1. The molecule has 2 aromatic rings. The Balaban J connectivity index is 1.70. The third kappa shape index (κ3) is 3.81. The fraction of sp³-hybridized carbons (Fsp3) is 0.278. The summed E-state index contributed by atoms with van der Waals surface area (Å²) in [5.41, 5.74) is 3.09. The Kier molecular flexibility index (Phi) is 4.78. The predicted octanol–water partition coefficient (Wildman–Crippen LogP) is 2.24. The quantitative estimate of drug-likeness (QED) is 0.909. The van der Waals surface area contributed by atoms with E-state index < -0.39 is 0 Å². The molecule has 5 heteroatoms. The van der Waals surface area contributed by atoms with Gasteiger partial charge in [-0.2, -0.15) is 0 Å². The molecule has 2 aromatic carbocycles. The van der Waals surface area contributed by atoms with Crippen LogP contribution >= 0.6 is 0 Å². The molecule has 0 bridgehead atoms. The van der Waals surface area contributed by atoms with E-state index in [0.717, 1.165) is 36.8 Å². The minimum atomic E-state index is -0.0324. The van der Waals surface area contributed by atoms with Gasteiger partial charge in [0.15, 0.2) is 0 Å². The maximum atomic E-state index is 12.4. The first kappa shape index (κ1) is 15.4. The van der Waals surface area contributed by atoms with Crippen molar-refractivity contribution >= 4 is 17.3 Å². The van der Waals surface area contributed by atoms with Crippen LogP contribution in [-0.4, -0.2) is 32.7 Å². The maximum Gasteiger partial charge on any atom is 0.243 e. The van der Waals surface area contributed by atoms with Crippen LogP contribution in [0.2, 0.25) is 0 Å². The molecule has 0 saturated carbocycles. The summed E-state index contributed by atoms with van der Waals surface area (Å²) >= 11 is 0. The minimum absolute atomic E-state index is 0.0324. The van der Waals surface area contributed by atoms with Gasteiger partial charge in [-0.05, 0) is 23.8 Å². The van der Waals surface area contributed by atoms with Gasteiger partial charge in [-0.15, -0.1) is 0 Å². The minimum Gasteiger partial charge on any atom is -0.497 e. The summed E-state index contributed by atoms with van der Waals surface area (Å²) < 4.78 is 5.18. The number of fused-ring (bicyclic) bond motifs is 1. The lowest BCUT2D eigenvalue weighted by atomic mass is 10.1. The molecule has 23 heavy (non-hydrogen) atoms. The van der Waals surface area contributed by atoms with Crippen molar-refractivity contribution in [2.24, 2.45) is 0 Å². The topological polar surface area (TPSA) is 53.6 Å². The lowest BCUT2D eigenvalue weighted by Gasteiger charge is -2.24. The number of benzene rings is 2. The largest absolute Gasteiger partial charge is 0.497 e. The number of nitrogens with one attached hydrogen (secondary N) is 2. The lowest BCUT2D eigenvalue weighted by molar-refractivity contribution is -0.115. The fourth-order valence-corrected chi connectivity index (χ4v) is 2.77. The van der Waals surface area contributed by atoms with E-state index >= 15 is 0 Å². The molecule has 0 saturated heterocycles. The second kappa shape index (κ2) is 7.15. The van der Waals surface area contributed by atoms with Gasteiger partial charge in [-0.1, -0.05) is 24.3 Å². The number of ether oxygens (including phenoxy) is 1. The monoisotopic (exact) mass is 311 g/mol. The first-order chi connectivity index (χ1) is 11.3. The Morgan fingerprint density at radius 1 is 1.26 bits per heavy atom. The van der Waals surface area contributed by atoms with Crippen LogP contribution in [0.5, 0.6) is 5.75 Å². The predicted molar refractivity (Wildman–Crippen MR) is 92.0 cm³/mol. The third-order valence-corrected chi connectivity index (χ3v) is 3.89. The van der Waals surface area contributed by atoms with Gasteiger partial charge in [0.25, 0.3) is 0 Å². The lowest BCUT2D eigenvalue weighted by Crippen LogP contribution is -2.36. The van der Waals surface area contributed by atoms with Gasteiger partial charge in [-0.3, -0.25) is 4.79 Å². The Labute approximate surface area is 136 Å². The number of rotatable bonds is 4. The van der Waals surface area contributed by atoms with E-state index in [1.165, 1.54) is 5.56 Å². The number of nitrogens with zero attached hydrogens (tertiary/aromatic N) is 1. The van der Waals surface area contributed by atoms with Crippen LogP contribution in [0.4, 0.5) is 11.4 Å². The highest BCUT2D eigenvalue weighted by atomic mass is 16.5. The Morgan fingerprint density at radius 3 is 3.00 bits per heavy atom. The van der Waals surface area contributed by atoms with Gasteiger partial charge in [0, 0.05) is 37.1 Å². The van der Waals surface area contributed by atoms with Crippen molar-refractivity contribution in [3.8, 4) is 5.75 Å². The summed E-state index contributed by atoms with van der Waals surface area (Å²) in [5, 5.41) is 6.32. The molecule has 3 rings (SSSR count). The SMILES string of the molecule is COc1cccc(NC(=O)CN2CCNCc3ccccc32)c1. The van der Waals surface area contributed by atoms with E-state index in [0.29, 0.717) is 6.54 Å². The van der Waals surface area contributed by atoms with E-state index in [1.807, 2.05) is 36.4 Å². The molecule has 5 nitrogen and oxygen atoms in total. The van der Waals surface area contributed by atoms with Gasteiger partial charge < -0.3 is 20.3 Å². The molecule has 0 aromatic heterocycles. The Bertz CT molecular complexity index is 687. The van der Waals surface area contributed by atoms with Crippen molar-refractivity contribution in [3.63, 3.8) is 0 Å². The molecule has 0 aliphatic carbocycles. The zero-order valence-corrected chi connectivity index (χ0v) is 13.2. The van der Waals surface area contributed by atoms with E-state index in [-0.39, 0.29) is 5.91 Å². The smallest absolute Gasteiger partial charge is 0.243 e. The summed E-state index contributed by atoms with van der Waals surface area (Å²) in [6.07, 6.45) is 0. The van der Waals surface area contributed by atoms with Crippen molar-refractivity contribution in [2.75, 3.05) is 37.0 Å². The van der Waals surface area contributed by atoms with E-state index in [2.05, 4.69) is 27.7 Å². The molecular formula is C18H21N3O2. The molecule has 0 atom stereocenters. The summed E-state index contributed by atoms with van der Waals surface area (Å²) in [5.74, 6) is 0.696.